The first kappa shape index (κ1) is 20.7. The molecule has 166 valence electrons. The van der Waals surface area contributed by atoms with Gasteiger partial charge in [-0.3, -0.25) is 0 Å². The van der Waals surface area contributed by atoms with Crippen LogP contribution in [-0.2, 0) is 6.61 Å². The first-order chi connectivity index (χ1) is 17.1. The van der Waals surface area contributed by atoms with Crippen molar-refractivity contribution in [3.63, 3.8) is 0 Å². The van der Waals surface area contributed by atoms with E-state index in [0.29, 0.717) is 17.0 Å². The molecule has 2 aromatic heterocycles. The molecule has 0 amide bonds. The zero-order chi connectivity index (χ0) is 23.9. The molecule has 5 aromatic rings. The molecule has 1 aliphatic rings. The van der Waals surface area contributed by atoms with Crippen LogP contribution in [0.5, 0.6) is 5.75 Å². The average Bonchev–Trinajstić information content (AvgIpc) is 3.32. The molecule has 6 rings (SSSR count). The van der Waals surface area contributed by atoms with Gasteiger partial charge in [0.05, 0.1) is 35.2 Å². The molecule has 0 saturated carbocycles. The standard InChI is InChI=1S/C29H19N5O/c1-18-15-34(17-32-18)29-20-5-6-22(13-30)23(9-20)16-35-25-4-2-3-19(10-25)26-12-24(14-31)33-28-8-7-21(29)11-27(26)28/h2-12,15,17,29H,16H2,1H3/t29-/m0/s1. The summed E-state index contributed by atoms with van der Waals surface area (Å²) in [6, 6.07) is 26.0. The number of rotatable bonds is 1. The van der Waals surface area contributed by atoms with Crippen LogP contribution in [0.4, 0.5) is 0 Å². The summed E-state index contributed by atoms with van der Waals surface area (Å²) < 4.78 is 8.23. The fraction of sp³-hybridized carbons (Fsp3) is 0.103. The molecule has 0 unspecified atom stereocenters. The van der Waals surface area contributed by atoms with Crippen molar-refractivity contribution in [2.75, 3.05) is 0 Å². The van der Waals surface area contributed by atoms with Gasteiger partial charge in [-0.05, 0) is 71.6 Å². The maximum absolute atomic E-state index is 9.72. The first-order valence-electron chi connectivity index (χ1n) is 11.2. The Morgan fingerprint density at radius 2 is 1.83 bits per heavy atom. The van der Waals surface area contributed by atoms with Gasteiger partial charge in [-0.1, -0.05) is 24.3 Å². The molecule has 3 aromatic carbocycles. The third-order valence-corrected chi connectivity index (χ3v) is 6.40. The minimum absolute atomic E-state index is 0.167. The van der Waals surface area contributed by atoms with Crippen molar-refractivity contribution < 1.29 is 4.74 Å². The third kappa shape index (κ3) is 3.58. The highest BCUT2D eigenvalue weighted by molar-refractivity contribution is 5.95. The second kappa shape index (κ2) is 8.13. The van der Waals surface area contributed by atoms with Crippen molar-refractivity contribution in [1.82, 2.24) is 14.5 Å². The van der Waals surface area contributed by atoms with Gasteiger partial charge in [-0.15, -0.1) is 0 Å². The van der Waals surface area contributed by atoms with Crippen LogP contribution in [0.1, 0.15) is 39.7 Å². The Bertz CT molecular complexity index is 1700. The van der Waals surface area contributed by atoms with E-state index in [1.807, 2.05) is 80.1 Å². The van der Waals surface area contributed by atoms with Gasteiger partial charge in [0, 0.05) is 17.1 Å². The Morgan fingerprint density at radius 3 is 2.63 bits per heavy atom. The number of ether oxygens (including phenoxy) is 1. The Hall–Kier alpha value is -4.94. The third-order valence-electron chi connectivity index (χ3n) is 6.40. The van der Waals surface area contributed by atoms with Crippen LogP contribution in [0.15, 0.2) is 79.3 Å². The van der Waals surface area contributed by atoms with Crippen LogP contribution in [0.2, 0.25) is 0 Å². The molecule has 0 N–H and O–H groups in total. The smallest absolute Gasteiger partial charge is 0.141 e. The second-order valence-corrected chi connectivity index (χ2v) is 8.65. The molecule has 0 spiro atoms. The minimum atomic E-state index is -0.167. The lowest BCUT2D eigenvalue weighted by atomic mass is 9.92. The summed E-state index contributed by atoms with van der Waals surface area (Å²) in [6.45, 7) is 2.23. The quantitative estimate of drug-likeness (QED) is 0.326. The normalized spacial score (nSPS) is 14.2. The topological polar surface area (TPSA) is 87.5 Å². The molecule has 1 atom stereocenters. The van der Waals surface area contributed by atoms with Gasteiger partial charge >= 0.3 is 0 Å². The number of pyridine rings is 1. The average molecular weight is 454 g/mol. The van der Waals surface area contributed by atoms with Crippen LogP contribution in [0.25, 0.3) is 22.0 Å². The van der Waals surface area contributed by atoms with Crippen molar-refractivity contribution in [3.05, 3.63) is 113 Å². The number of hydrogen-bond donors (Lipinski definition) is 0. The monoisotopic (exact) mass is 453 g/mol. The number of nitriles is 2. The number of imidazole rings is 1. The number of aryl methyl sites for hydroxylation is 1. The Balaban J connectivity index is 1.69. The van der Waals surface area contributed by atoms with Crippen LogP contribution in [0, 0.1) is 29.6 Å². The van der Waals surface area contributed by atoms with E-state index in [0.717, 1.165) is 44.4 Å². The van der Waals surface area contributed by atoms with E-state index in [4.69, 9.17) is 4.74 Å². The molecule has 6 nitrogen and oxygen atoms in total. The summed E-state index contributed by atoms with van der Waals surface area (Å²) in [6.07, 6.45) is 3.85. The second-order valence-electron chi connectivity index (χ2n) is 8.65. The molecule has 0 fully saturated rings. The molecule has 0 radical (unpaired) electrons. The molecule has 6 heteroatoms. The van der Waals surface area contributed by atoms with E-state index in [1.165, 1.54) is 0 Å². The minimum Gasteiger partial charge on any atom is -0.489 e. The predicted octanol–water partition coefficient (Wildman–Crippen LogP) is 5.68. The van der Waals surface area contributed by atoms with E-state index in [-0.39, 0.29) is 12.6 Å². The van der Waals surface area contributed by atoms with Gasteiger partial charge in [0.25, 0.3) is 0 Å². The van der Waals surface area contributed by atoms with Crippen molar-refractivity contribution in [2.24, 2.45) is 0 Å². The maximum Gasteiger partial charge on any atom is 0.141 e. The van der Waals surface area contributed by atoms with E-state index in [2.05, 4.69) is 32.7 Å². The van der Waals surface area contributed by atoms with Gasteiger partial charge < -0.3 is 9.30 Å². The summed E-state index contributed by atoms with van der Waals surface area (Å²) in [5, 5.41) is 20.3. The summed E-state index contributed by atoms with van der Waals surface area (Å²) in [5.74, 6) is 0.692. The first-order valence-corrected chi connectivity index (χ1v) is 11.2. The van der Waals surface area contributed by atoms with Crippen molar-refractivity contribution in [2.45, 2.75) is 19.6 Å². The van der Waals surface area contributed by atoms with Crippen molar-refractivity contribution in [3.8, 4) is 29.0 Å². The molecule has 0 saturated heterocycles. The fourth-order valence-corrected chi connectivity index (χ4v) is 4.75. The predicted molar refractivity (Wildman–Crippen MR) is 132 cm³/mol. The molecular formula is C29H19N5O. The molecule has 35 heavy (non-hydrogen) atoms. The van der Waals surface area contributed by atoms with Crippen LogP contribution in [0.3, 0.4) is 0 Å². The van der Waals surface area contributed by atoms with Crippen LogP contribution < -0.4 is 4.74 Å². The van der Waals surface area contributed by atoms with Gasteiger partial charge in [0.15, 0.2) is 0 Å². The van der Waals surface area contributed by atoms with Gasteiger partial charge in [0.2, 0.25) is 0 Å². The Kier molecular flexibility index (Phi) is 4.80. The van der Waals surface area contributed by atoms with Crippen molar-refractivity contribution >= 4 is 10.9 Å². The highest BCUT2D eigenvalue weighted by atomic mass is 16.5. The van der Waals surface area contributed by atoms with Gasteiger partial charge in [-0.25, -0.2) is 9.97 Å². The zero-order valence-corrected chi connectivity index (χ0v) is 18.9. The Labute approximate surface area is 202 Å². The summed E-state index contributed by atoms with van der Waals surface area (Å²) in [4.78, 5) is 9.02. The number of fused-ring (bicyclic) bond motifs is 6. The Morgan fingerprint density at radius 1 is 0.971 bits per heavy atom. The van der Waals surface area contributed by atoms with E-state index >= 15 is 0 Å². The summed E-state index contributed by atoms with van der Waals surface area (Å²) in [7, 11) is 0. The highest BCUT2D eigenvalue weighted by Gasteiger charge is 2.21. The van der Waals surface area contributed by atoms with Gasteiger partial charge in [0.1, 0.15) is 24.1 Å². The number of benzene rings is 3. The number of hydrogen-bond acceptors (Lipinski definition) is 5. The summed E-state index contributed by atoms with van der Waals surface area (Å²) >= 11 is 0. The van der Waals surface area contributed by atoms with E-state index in [9.17, 15) is 10.5 Å². The molecule has 6 bridgehead atoms. The van der Waals surface area contributed by atoms with Crippen LogP contribution >= 0.6 is 0 Å². The lowest BCUT2D eigenvalue weighted by Crippen LogP contribution is -2.12. The lowest BCUT2D eigenvalue weighted by Gasteiger charge is -2.21. The van der Waals surface area contributed by atoms with Crippen LogP contribution in [-0.4, -0.2) is 14.5 Å². The molecule has 3 heterocycles. The number of aromatic nitrogens is 3. The summed E-state index contributed by atoms with van der Waals surface area (Å²) in [5.41, 5.74) is 7.37. The fourth-order valence-electron chi connectivity index (χ4n) is 4.75. The number of nitrogens with zero attached hydrogens (tertiary/aromatic N) is 5. The lowest BCUT2D eigenvalue weighted by molar-refractivity contribution is 0.306. The molecule has 0 aliphatic carbocycles. The SMILES string of the molecule is Cc1cn([C@H]2c3ccc(C#N)c(c3)COc3cccc(c3)-c3cc(C#N)nc4ccc2cc34)cn1. The zero-order valence-electron chi connectivity index (χ0n) is 18.9. The molecule has 1 aliphatic heterocycles. The highest BCUT2D eigenvalue weighted by Crippen LogP contribution is 2.36. The molecular weight excluding hydrogens is 434 g/mol. The maximum atomic E-state index is 9.72. The van der Waals surface area contributed by atoms with E-state index in [1.54, 1.807) is 0 Å². The largest absolute Gasteiger partial charge is 0.489 e. The van der Waals surface area contributed by atoms with Crippen molar-refractivity contribution in [1.29, 1.82) is 10.5 Å². The van der Waals surface area contributed by atoms with E-state index < -0.39 is 0 Å². The van der Waals surface area contributed by atoms with Gasteiger partial charge in [-0.2, -0.15) is 10.5 Å².